The van der Waals surface area contributed by atoms with Gasteiger partial charge in [0, 0.05) is 37.5 Å². The zero-order valence-corrected chi connectivity index (χ0v) is 24.4. The first-order chi connectivity index (χ1) is 20.6. The van der Waals surface area contributed by atoms with Crippen LogP contribution < -0.4 is 10.0 Å². The van der Waals surface area contributed by atoms with Crippen molar-refractivity contribution >= 4 is 33.8 Å². The molecule has 0 spiro atoms. The first-order valence-corrected chi connectivity index (χ1v) is 16.3. The fourth-order valence-corrected chi connectivity index (χ4v) is 7.46. The maximum atomic E-state index is 14.2. The summed E-state index contributed by atoms with van der Waals surface area (Å²) < 4.78 is 52.8. The molecule has 14 heteroatoms. The van der Waals surface area contributed by atoms with E-state index in [-0.39, 0.29) is 51.4 Å². The van der Waals surface area contributed by atoms with Crippen LogP contribution >= 0.6 is 0 Å². The van der Waals surface area contributed by atoms with E-state index in [0.717, 1.165) is 0 Å². The monoisotopic (exact) mass is 618 g/mol. The van der Waals surface area contributed by atoms with Crippen molar-refractivity contribution in [1.29, 1.82) is 0 Å². The van der Waals surface area contributed by atoms with Crippen LogP contribution in [0.2, 0.25) is 0 Å². The molecule has 3 heterocycles. The Labute approximate surface area is 249 Å². The number of rotatable bonds is 4. The number of carbonyl (C=O) groups is 4. The molecule has 5 aliphatic rings. The second-order valence-electron chi connectivity index (χ2n) is 11.9. The first kappa shape index (κ1) is 29.5. The Balaban J connectivity index is 1.18. The number of ether oxygens (including phenoxy) is 2. The molecular weight excluding hydrogens is 583 g/mol. The van der Waals surface area contributed by atoms with Crippen LogP contribution in [0.5, 0.6) is 0 Å². The first-order valence-electron chi connectivity index (χ1n) is 14.7. The highest BCUT2D eigenvalue weighted by atomic mass is 32.2. The Morgan fingerprint density at radius 3 is 2.74 bits per heavy atom. The Bertz CT molecular complexity index is 1460. The van der Waals surface area contributed by atoms with Crippen LogP contribution in [0.25, 0.3) is 0 Å². The van der Waals surface area contributed by atoms with Crippen LogP contribution in [-0.4, -0.2) is 84.7 Å². The minimum absolute atomic E-state index is 0.000150. The molecule has 3 aliphatic heterocycles. The van der Waals surface area contributed by atoms with Crippen LogP contribution in [-0.2, 0) is 47.0 Å². The fraction of sp³-hybridized carbons (Fsp3) is 0.586. The Morgan fingerprint density at radius 1 is 1.16 bits per heavy atom. The van der Waals surface area contributed by atoms with Gasteiger partial charge in [-0.15, -0.1) is 0 Å². The van der Waals surface area contributed by atoms with E-state index in [1.165, 1.54) is 15.9 Å². The van der Waals surface area contributed by atoms with E-state index in [9.17, 15) is 32.0 Å². The van der Waals surface area contributed by atoms with Crippen LogP contribution in [0, 0.1) is 11.7 Å². The number of nitrogens with one attached hydrogen (secondary N) is 2. The number of amides is 4. The van der Waals surface area contributed by atoms with Crippen LogP contribution in [0.3, 0.4) is 0 Å². The molecule has 43 heavy (non-hydrogen) atoms. The molecule has 2 N–H and O–H groups in total. The predicted octanol–water partition coefficient (Wildman–Crippen LogP) is 1.49. The molecule has 0 aromatic heterocycles. The number of sulfonamides is 1. The van der Waals surface area contributed by atoms with E-state index in [0.29, 0.717) is 43.4 Å². The second-order valence-corrected chi connectivity index (χ2v) is 13.9. The Kier molecular flexibility index (Phi) is 7.92. The van der Waals surface area contributed by atoms with E-state index < -0.39 is 62.6 Å². The SMILES string of the molecule is O=C1N[C@]2(C(=O)NS(=O)(=O)C3CC3)C[C@H]2/C=C\COCCCCC(=O)N2C[C@H](OC(=O)N3Cc4cccc(F)c4C3)C[C@@H]12. The maximum absolute atomic E-state index is 14.2. The number of nitrogens with zero attached hydrogens (tertiary/aromatic N) is 2. The Hall–Kier alpha value is -3.52. The van der Waals surface area contributed by atoms with Gasteiger partial charge in [0.05, 0.1) is 24.9 Å². The van der Waals surface area contributed by atoms with Crippen molar-refractivity contribution in [2.45, 2.75) is 81.0 Å². The Morgan fingerprint density at radius 2 is 1.98 bits per heavy atom. The smallest absolute Gasteiger partial charge is 0.410 e. The topological polar surface area (TPSA) is 151 Å². The summed E-state index contributed by atoms with van der Waals surface area (Å²) >= 11 is 0. The minimum atomic E-state index is -3.86. The lowest BCUT2D eigenvalue weighted by Crippen LogP contribution is -2.56. The summed E-state index contributed by atoms with van der Waals surface area (Å²) in [6.45, 7) is 0.926. The second kappa shape index (κ2) is 11.5. The summed E-state index contributed by atoms with van der Waals surface area (Å²) in [7, 11) is -3.86. The third-order valence-electron chi connectivity index (χ3n) is 8.81. The highest BCUT2D eigenvalue weighted by Gasteiger charge is 2.62. The summed E-state index contributed by atoms with van der Waals surface area (Å²) in [5.74, 6) is -2.60. The van der Waals surface area contributed by atoms with Gasteiger partial charge < -0.3 is 19.7 Å². The number of fused-ring (bicyclic) bond motifs is 3. The molecule has 0 unspecified atom stereocenters. The van der Waals surface area contributed by atoms with E-state index in [4.69, 9.17) is 9.47 Å². The van der Waals surface area contributed by atoms with E-state index in [1.54, 1.807) is 24.3 Å². The summed E-state index contributed by atoms with van der Waals surface area (Å²) in [6, 6.07) is 3.63. The van der Waals surface area contributed by atoms with Gasteiger partial charge in [-0.3, -0.25) is 24.0 Å². The molecule has 6 rings (SSSR count). The zero-order chi connectivity index (χ0) is 30.4. The standard InChI is InChI=1S/C29H35FN4O8S/c30-23-7-3-5-18-15-33(17-22(18)23)28(38)42-20-13-24-26(36)31-29(27(37)32-43(39,40)21-9-10-21)14-19(29)6-4-12-41-11-2-1-8-25(35)34(24)16-20/h3-7,19-21,24H,1-2,8-17H2,(H,31,36)(H,32,37)/b6-4-/t19-,20-,24+,29-/m1/s1. The average molecular weight is 619 g/mol. The summed E-state index contributed by atoms with van der Waals surface area (Å²) in [5.41, 5.74) is -0.378. The quantitative estimate of drug-likeness (QED) is 0.482. The van der Waals surface area contributed by atoms with E-state index in [2.05, 4.69) is 10.0 Å². The molecule has 232 valence electrons. The molecule has 12 nitrogen and oxygen atoms in total. The highest BCUT2D eigenvalue weighted by Crippen LogP contribution is 2.46. The molecule has 4 atom stereocenters. The zero-order valence-electron chi connectivity index (χ0n) is 23.6. The lowest BCUT2D eigenvalue weighted by molar-refractivity contribution is -0.139. The van der Waals surface area contributed by atoms with E-state index in [1.807, 2.05) is 0 Å². The molecule has 1 aromatic carbocycles. The molecule has 4 amide bonds. The fourth-order valence-electron chi connectivity index (χ4n) is 6.10. The molecule has 1 aromatic rings. The molecule has 1 saturated heterocycles. The third kappa shape index (κ3) is 6.12. The molecule has 2 aliphatic carbocycles. The normalized spacial score (nSPS) is 30.2. The largest absolute Gasteiger partial charge is 0.444 e. The van der Waals surface area contributed by atoms with Crippen molar-refractivity contribution in [3.05, 3.63) is 47.3 Å². The molecule has 0 radical (unpaired) electrons. The predicted molar refractivity (Wildman–Crippen MR) is 149 cm³/mol. The van der Waals surface area contributed by atoms with Crippen molar-refractivity contribution in [3.8, 4) is 0 Å². The summed E-state index contributed by atoms with van der Waals surface area (Å²) in [6.07, 6.45) is 4.44. The van der Waals surface area contributed by atoms with Gasteiger partial charge in [-0.05, 0) is 43.7 Å². The van der Waals surface area contributed by atoms with Gasteiger partial charge in [-0.2, -0.15) is 0 Å². The van der Waals surface area contributed by atoms with Crippen LogP contribution in [0.4, 0.5) is 9.18 Å². The van der Waals surface area contributed by atoms with Crippen LogP contribution in [0.1, 0.15) is 56.1 Å². The molecule has 3 fully saturated rings. The minimum Gasteiger partial charge on any atom is -0.444 e. The van der Waals surface area contributed by atoms with Gasteiger partial charge in [-0.25, -0.2) is 17.6 Å². The maximum Gasteiger partial charge on any atom is 0.410 e. The third-order valence-corrected chi connectivity index (χ3v) is 10.6. The number of halogens is 1. The van der Waals surface area contributed by atoms with Gasteiger partial charge in [0.15, 0.2) is 0 Å². The van der Waals surface area contributed by atoms with Gasteiger partial charge >= 0.3 is 6.09 Å². The van der Waals surface area contributed by atoms with Crippen molar-refractivity contribution < 1.29 is 41.5 Å². The average Bonchev–Trinajstić information content (AvgIpc) is 3.84. The van der Waals surface area contributed by atoms with Crippen molar-refractivity contribution in [3.63, 3.8) is 0 Å². The van der Waals surface area contributed by atoms with Crippen LogP contribution in [0.15, 0.2) is 30.4 Å². The van der Waals surface area contributed by atoms with Crippen molar-refractivity contribution in [1.82, 2.24) is 19.8 Å². The molecular formula is C29H35FN4O8S. The van der Waals surface area contributed by atoms with Gasteiger partial charge in [0.1, 0.15) is 23.5 Å². The number of benzene rings is 1. The summed E-state index contributed by atoms with van der Waals surface area (Å²) in [5, 5.41) is 2.14. The lowest BCUT2D eigenvalue weighted by Gasteiger charge is -2.26. The van der Waals surface area contributed by atoms with Gasteiger partial charge in [0.2, 0.25) is 21.8 Å². The lowest BCUT2D eigenvalue weighted by atomic mass is 10.1. The summed E-state index contributed by atoms with van der Waals surface area (Å²) in [4.78, 5) is 56.1. The van der Waals surface area contributed by atoms with E-state index >= 15 is 0 Å². The van der Waals surface area contributed by atoms with Crippen molar-refractivity contribution in [2.75, 3.05) is 19.8 Å². The molecule has 0 bridgehead atoms. The number of hydrogen-bond acceptors (Lipinski definition) is 8. The molecule has 2 saturated carbocycles. The van der Waals surface area contributed by atoms with Gasteiger partial charge in [0.25, 0.3) is 5.91 Å². The number of carbonyl (C=O) groups excluding carboxylic acids is 4. The van der Waals surface area contributed by atoms with Gasteiger partial charge in [-0.1, -0.05) is 24.3 Å². The van der Waals surface area contributed by atoms with Crippen molar-refractivity contribution in [2.24, 2.45) is 5.92 Å². The number of hydrogen-bond donors (Lipinski definition) is 2. The highest BCUT2D eigenvalue weighted by molar-refractivity contribution is 7.91.